The van der Waals surface area contributed by atoms with E-state index in [2.05, 4.69) is 48.7 Å². The number of rotatable bonds is 6. The Labute approximate surface area is 217 Å². The second-order valence-corrected chi connectivity index (χ2v) is 9.12. The van der Waals surface area contributed by atoms with Crippen LogP contribution in [0.25, 0.3) is 39.3 Å². The number of aromatic nitrogens is 9. The average Bonchev–Trinajstić information content (AvgIpc) is 3.65. The first-order valence-corrected chi connectivity index (χ1v) is 12.6. The number of imidazole rings is 1. The van der Waals surface area contributed by atoms with Gasteiger partial charge < -0.3 is 9.64 Å². The number of benzene rings is 1. The quantitative estimate of drug-likeness (QED) is 0.364. The van der Waals surface area contributed by atoms with Crippen LogP contribution in [0.1, 0.15) is 11.4 Å². The van der Waals surface area contributed by atoms with Gasteiger partial charge in [-0.2, -0.15) is 10.3 Å². The maximum atomic E-state index is 5.57. The number of hydrogen-bond donors (Lipinski definition) is 1. The fourth-order valence-electron chi connectivity index (χ4n) is 4.92. The van der Waals surface area contributed by atoms with Crippen molar-refractivity contribution in [3.63, 3.8) is 0 Å². The number of hydrogen-bond acceptors (Lipinski definition) is 9. The molecule has 38 heavy (non-hydrogen) atoms. The van der Waals surface area contributed by atoms with Crippen molar-refractivity contribution < 1.29 is 4.74 Å². The summed E-state index contributed by atoms with van der Waals surface area (Å²) in [5, 5.41) is 20.0. The van der Waals surface area contributed by atoms with Crippen LogP contribution in [0.2, 0.25) is 0 Å². The number of ether oxygens (including phenoxy) is 1. The number of nitrogens with zero attached hydrogens (tertiary/aromatic N) is 9. The highest BCUT2D eigenvalue weighted by molar-refractivity contribution is 5.78. The summed E-state index contributed by atoms with van der Waals surface area (Å²) < 4.78 is 7.50. The number of nitrogens with one attached hydrogen (secondary N) is 1. The van der Waals surface area contributed by atoms with Crippen LogP contribution < -0.4 is 4.90 Å². The van der Waals surface area contributed by atoms with Crippen molar-refractivity contribution in [3.05, 3.63) is 78.4 Å². The third-order valence-electron chi connectivity index (χ3n) is 6.81. The van der Waals surface area contributed by atoms with Gasteiger partial charge in [0.25, 0.3) is 0 Å². The molecule has 1 aliphatic heterocycles. The lowest BCUT2D eigenvalue weighted by atomic mass is 10.1. The molecule has 0 bridgehead atoms. The molecule has 1 aliphatic rings. The molecule has 11 heteroatoms. The summed E-state index contributed by atoms with van der Waals surface area (Å²) in [5.74, 6) is 0.449. The van der Waals surface area contributed by atoms with Gasteiger partial charge in [-0.3, -0.25) is 9.97 Å². The molecule has 6 aromatic rings. The highest BCUT2D eigenvalue weighted by Gasteiger charge is 2.22. The van der Waals surface area contributed by atoms with Gasteiger partial charge in [0.2, 0.25) is 5.82 Å². The third kappa shape index (κ3) is 4.12. The Kier molecular flexibility index (Phi) is 5.66. The van der Waals surface area contributed by atoms with E-state index in [9.17, 15) is 0 Å². The molecule has 5 aromatic heterocycles. The number of para-hydroxylation sites is 1. The van der Waals surface area contributed by atoms with Crippen LogP contribution in [0.5, 0.6) is 0 Å². The SMILES string of the molecule is c1ccc2nc(CCc3nc4c(N5CCOCC5)ccnn4c3-c3ccc(-c4nn[nH]n4)nc3)ccc2c1. The zero-order chi connectivity index (χ0) is 25.3. The molecule has 1 aromatic carbocycles. The van der Waals surface area contributed by atoms with E-state index in [1.54, 1.807) is 0 Å². The number of anilines is 1. The van der Waals surface area contributed by atoms with Crippen LogP contribution in [0.4, 0.5) is 5.69 Å². The molecule has 11 nitrogen and oxygen atoms in total. The van der Waals surface area contributed by atoms with E-state index in [-0.39, 0.29) is 0 Å². The van der Waals surface area contributed by atoms with Gasteiger partial charge >= 0.3 is 0 Å². The molecular weight excluding hydrogens is 480 g/mol. The summed E-state index contributed by atoms with van der Waals surface area (Å²) in [6, 6.07) is 18.3. The summed E-state index contributed by atoms with van der Waals surface area (Å²) in [6.07, 6.45) is 5.11. The molecule has 1 N–H and O–H groups in total. The van der Waals surface area contributed by atoms with Crippen molar-refractivity contribution in [1.29, 1.82) is 0 Å². The molecule has 1 fully saturated rings. The molecule has 0 unspecified atom stereocenters. The summed E-state index contributed by atoms with van der Waals surface area (Å²) in [5.41, 5.74) is 7.32. The Balaban J connectivity index is 1.29. The summed E-state index contributed by atoms with van der Waals surface area (Å²) in [7, 11) is 0. The second-order valence-electron chi connectivity index (χ2n) is 9.12. The summed E-state index contributed by atoms with van der Waals surface area (Å²) in [6.45, 7) is 3.03. The molecule has 0 radical (unpaired) electrons. The largest absolute Gasteiger partial charge is 0.378 e. The number of morpholine rings is 1. The predicted molar refractivity (Wildman–Crippen MR) is 142 cm³/mol. The lowest BCUT2D eigenvalue weighted by molar-refractivity contribution is 0.123. The highest BCUT2D eigenvalue weighted by Crippen LogP contribution is 2.30. The smallest absolute Gasteiger partial charge is 0.222 e. The average molecular weight is 505 g/mol. The normalized spacial score (nSPS) is 13.9. The Morgan fingerprint density at radius 2 is 1.84 bits per heavy atom. The minimum atomic E-state index is 0.449. The highest BCUT2D eigenvalue weighted by atomic mass is 16.5. The van der Waals surface area contributed by atoms with Crippen LogP contribution in [-0.4, -0.2) is 71.5 Å². The van der Waals surface area contributed by atoms with Crippen molar-refractivity contribution in [2.24, 2.45) is 0 Å². The minimum Gasteiger partial charge on any atom is -0.378 e. The number of H-pyrrole nitrogens is 1. The number of aromatic amines is 1. The van der Waals surface area contributed by atoms with E-state index >= 15 is 0 Å². The zero-order valence-corrected chi connectivity index (χ0v) is 20.5. The minimum absolute atomic E-state index is 0.449. The van der Waals surface area contributed by atoms with Gasteiger partial charge in [-0.25, -0.2) is 9.50 Å². The summed E-state index contributed by atoms with van der Waals surface area (Å²) >= 11 is 0. The van der Waals surface area contributed by atoms with Crippen molar-refractivity contribution >= 4 is 22.2 Å². The topological polar surface area (TPSA) is 123 Å². The number of pyridine rings is 2. The van der Waals surface area contributed by atoms with Crippen LogP contribution in [-0.2, 0) is 17.6 Å². The molecule has 7 rings (SSSR count). The van der Waals surface area contributed by atoms with Crippen molar-refractivity contribution in [1.82, 2.24) is 45.2 Å². The lowest BCUT2D eigenvalue weighted by Crippen LogP contribution is -2.36. The van der Waals surface area contributed by atoms with Gasteiger partial charge in [-0.1, -0.05) is 24.3 Å². The first kappa shape index (κ1) is 22.4. The molecule has 6 heterocycles. The molecule has 0 saturated carbocycles. The number of aryl methyl sites for hydroxylation is 2. The first-order valence-electron chi connectivity index (χ1n) is 12.6. The predicted octanol–water partition coefficient (Wildman–Crippen LogP) is 3.14. The Bertz CT molecular complexity index is 1710. The molecule has 0 amide bonds. The van der Waals surface area contributed by atoms with Crippen molar-refractivity contribution in [3.8, 4) is 22.8 Å². The number of fused-ring (bicyclic) bond motifs is 2. The lowest BCUT2D eigenvalue weighted by Gasteiger charge is -2.28. The van der Waals surface area contributed by atoms with E-state index in [0.29, 0.717) is 31.2 Å². The van der Waals surface area contributed by atoms with Gasteiger partial charge in [-0.05, 0) is 48.4 Å². The van der Waals surface area contributed by atoms with Gasteiger partial charge in [0.15, 0.2) is 5.65 Å². The van der Waals surface area contributed by atoms with E-state index in [4.69, 9.17) is 19.8 Å². The molecular formula is C27H24N10O. The van der Waals surface area contributed by atoms with Crippen LogP contribution >= 0.6 is 0 Å². The Morgan fingerprint density at radius 1 is 0.921 bits per heavy atom. The number of tetrazole rings is 1. The van der Waals surface area contributed by atoms with E-state index in [0.717, 1.165) is 64.4 Å². The third-order valence-corrected chi connectivity index (χ3v) is 6.81. The van der Waals surface area contributed by atoms with Crippen molar-refractivity contribution in [2.75, 3.05) is 31.2 Å². The van der Waals surface area contributed by atoms with Crippen molar-refractivity contribution in [2.45, 2.75) is 12.8 Å². The zero-order valence-electron chi connectivity index (χ0n) is 20.5. The van der Waals surface area contributed by atoms with E-state index in [1.807, 2.05) is 53.3 Å². The molecule has 0 spiro atoms. The van der Waals surface area contributed by atoms with E-state index in [1.165, 1.54) is 0 Å². The van der Waals surface area contributed by atoms with Crippen LogP contribution in [0, 0.1) is 0 Å². The molecule has 1 saturated heterocycles. The first-order chi connectivity index (χ1) is 18.8. The Morgan fingerprint density at radius 3 is 2.68 bits per heavy atom. The fraction of sp³-hybridized carbons (Fsp3) is 0.222. The summed E-state index contributed by atoms with van der Waals surface area (Å²) in [4.78, 5) is 16.9. The monoisotopic (exact) mass is 504 g/mol. The Hall–Kier alpha value is -4.77. The standard InChI is InChI=1S/C27H24N10O/c1-2-4-21-18(3-1)5-7-20(30-21)8-10-22-25(19-6-9-23(28-17-19)26-32-34-35-33-26)37-27(31-22)24(11-12-29-37)36-13-15-38-16-14-36/h1-7,9,11-12,17H,8,10,13-16H2,(H,32,33,34,35). The fourth-order valence-corrected chi connectivity index (χ4v) is 4.92. The van der Waals surface area contributed by atoms with Gasteiger partial charge in [-0.15, -0.1) is 10.2 Å². The van der Waals surface area contributed by atoms with Gasteiger partial charge in [0, 0.05) is 35.9 Å². The maximum absolute atomic E-state index is 5.57. The second kappa shape index (κ2) is 9.60. The maximum Gasteiger partial charge on any atom is 0.222 e. The van der Waals surface area contributed by atoms with Gasteiger partial charge in [0.1, 0.15) is 5.69 Å². The molecule has 188 valence electrons. The molecule has 0 atom stereocenters. The van der Waals surface area contributed by atoms with Crippen LogP contribution in [0.15, 0.2) is 67.0 Å². The van der Waals surface area contributed by atoms with Gasteiger partial charge in [0.05, 0.1) is 42.0 Å². The van der Waals surface area contributed by atoms with E-state index < -0.39 is 0 Å². The van der Waals surface area contributed by atoms with Crippen LogP contribution in [0.3, 0.4) is 0 Å². The molecule has 0 aliphatic carbocycles.